The predicted octanol–water partition coefficient (Wildman–Crippen LogP) is -0.259. The van der Waals surface area contributed by atoms with Crippen LogP contribution >= 0.6 is 0 Å². The molecule has 3 rings (SSSR count). The van der Waals surface area contributed by atoms with Crippen LogP contribution in [0.1, 0.15) is 24.6 Å². The lowest BCUT2D eigenvalue weighted by molar-refractivity contribution is -0.138. The van der Waals surface area contributed by atoms with Crippen molar-refractivity contribution in [1.82, 2.24) is 25.0 Å². The number of piperidine rings is 1. The summed E-state index contributed by atoms with van der Waals surface area (Å²) in [5.74, 6) is 1.84. The Kier molecular flexibility index (Phi) is 3.03. The molecule has 2 saturated heterocycles. The Morgan fingerprint density at radius 1 is 1.50 bits per heavy atom. The molecule has 0 spiro atoms. The van der Waals surface area contributed by atoms with E-state index in [0.29, 0.717) is 11.8 Å². The lowest BCUT2D eigenvalue weighted by Gasteiger charge is -2.37. The summed E-state index contributed by atoms with van der Waals surface area (Å²) in [5, 5.41) is 11.3. The smallest absolute Gasteiger partial charge is 0.228 e. The fourth-order valence-electron chi connectivity index (χ4n) is 2.77. The molecule has 1 atom stereocenters. The second-order valence-electron chi connectivity index (χ2n) is 5.28. The van der Waals surface area contributed by atoms with Gasteiger partial charge in [-0.3, -0.25) is 4.79 Å². The van der Waals surface area contributed by atoms with Gasteiger partial charge in [-0.2, -0.15) is 0 Å². The summed E-state index contributed by atoms with van der Waals surface area (Å²) in [6, 6.07) is 0. The van der Waals surface area contributed by atoms with Gasteiger partial charge in [-0.05, 0) is 12.8 Å². The van der Waals surface area contributed by atoms with Crippen LogP contribution in [0, 0.1) is 5.92 Å². The highest BCUT2D eigenvalue weighted by molar-refractivity contribution is 5.80. The van der Waals surface area contributed by atoms with Gasteiger partial charge in [0.25, 0.3) is 0 Å². The Labute approximate surface area is 106 Å². The van der Waals surface area contributed by atoms with E-state index in [1.165, 1.54) is 0 Å². The van der Waals surface area contributed by atoms with Gasteiger partial charge in [0.2, 0.25) is 5.91 Å². The summed E-state index contributed by atoms with van der Waals surface area (Å²) >= 11 is 0. The van der Waals surface area contributed by atoms with Crippen LogP contribution in [0.2, 0.25) is 0 Å². The largest absolute Gasteiger partial charge is 0.342 e. The number of aromatic nitrogens is 3. The SMILES string of the molecule is Cn1cnnc1C1CCCN(C(=O)C2CNC2)C1. The molecule has 2 aliphatic heterocycles. The van der Waals surface area contributed by atoms with Gasteiger partial charge in [0, 0.05) is 39.1 Å². The molecule has 1 aromatic rings. The number of rotatable bonds is 2. The van der Waals surface area contributed by atoms with Crippen molar-refractivity contribution in [1.29, 1.82) is 0 Å². The maximum absolute atomic E-state index is 12.2. The summed E-state index contributed by atoms with van der Waals surface area (Å²) in [5.41, 5.74) is 0. The normalized spacial score (nSPS) is 24.9. The highest BCUT2D eigenvalue weighted by Crippen LogP contribution is 2.26. The Bertz CT molecular complexity index is 439. The number of nitrogens with one attached hydrogen (secondary N) is 1. The third-order valence-electron chi connectivity index (χ3n) is 3.98. The van der Waals surface area contributed by atoms with Crippen LogP contribution in [0.5, 0.6) is 0 Å². The average Bonchev–Trinajstić information content (AvgIpc) is 2.73. The number of amides is 1. The molecule has 6 heteroatoms. The Hall–Kier alpha value is -1.43. The lowest BCUT2D eigenvalue weighted by atomic mass is 9.94. The molecule has 0 aliphatic carbocycles. The van der Waals surface area contributed by atoms with Crippen molar-refractivity contribution < 1.29 is 4.79 Å². The second kappa shape index (κ2) is 4.68. The molecule has 1 amide bonds. The maximum atomic E-state index is 12.2. The van der Waals surface area contributed by atoms with Gasteiger partial charge >= 0.3 is 0 Å². The fourth-order valence-corrected chi connectivity index (χ4v) is 2.77. The van der Waals surface area contributed by atoms with E-state index in [2.05, 4.69) is 15.5 Å². The fraction of sp³-hybridized carbons (Fsp3) is 0.750. The molecule has 18 heavy (non-hydrogen) atoms. The first kappa shape index (κ1) is 11.6. The van der Waals surface area contributed by atoms with Gasteiger partial charge in [0.05, 0.1) is 5.92 Å². The van der Waals surface area contributed by atoms with E-state index >= 15 is 0 Å². The van der Waals surface area contributed by atoms with Crippen LogP contribution in [-0.4, -0.2) is 51.8 Å². The van der Waals surface area contributed by atoms with Gasteiger partial charge in [-0.1, -0.05) is 0 Å². The van der Waals surface area contributed by atoms with E-state index in [1.807, 2.05) is 16.5 Å². The topological polar surface area (TPSA) is 63.1 Å². The molecule has 1 aromatic heterocycles. The molecule has 0 aromatic carbocycles. The Morgan fingerprint density at radius 2 is 2.33 bits per heavy atom. The van der Waals surface area contributed by atoms with Gasteiger partial charge in [0.15, 0.2) is 0 Å². The van der Waals surface area contributed by atoms with E-state index < -0.39 is 0 Å². The van der Waals surface area contributed by atoms with Crippen molar-refractivity contribution in [3.63, 3.8) is 0 Å². The molecule has 98 valence electrons. The minimum atomic E-state index is 0.197. The van der Waals surface area contributed by atoms with Gasteiger partial charge in [-0.15, -0.1) is 10.2 Å². The predicted molar refractivity (Wildman–Crippen MR) is 65.9 cm³/mol. The van der Waals surface area contributed by atoms with Crippen LogP contribution in [0.15, 0.2) is 6.33 Å². The number of hydrogen-bond donors (Lipinski definition) is 1. The zero-order valence-corrected chi connectivity index (χ0v) is 10.7. The van der Waals surface area contributed by atoms with Gasteiger partial charge in [-0.25, -0.2) is 0 Å². The zero-order chi connectivity index (χ0) is 12.5. The molecule has 2 fully saturated rings. The molecule has 0 radical (unpaired) electrons. The van der Waals surface area contributed by atoms with Crippen LogP contribution in [-0.2, 0) is 11.8 Å². The molecule has 0 bridgehead atoms. The minimum absolute atomic E-state index is 0.197. The molecule has 6 nitrogen and oxygen atoms in total. The van der Waals surface area contributed by atoms with Crippen LogP contribution in [0.25, 0.3) is 0 Å². The number of likely N-dealkylation sites (tertiary alicyclic amines) is 1. The Morgan fingerprint density at radius 3 is 2.94 bits per heavy atom. The molecular formula is C12H19N5O. The lowest BCUT2D eigenvalue weighted by Crippen LogP contribution is -2.53. The van der Waals surface area contributed by atoms with Crippen molar-refractivity contribution in [2.24, 2.45) is 13.0 Å². The molecule has 0 saturated carbocycles. The third kappa shape index (κ3) is 2.01. The number of carbonyl (C=O) groups excluding carboxylic acids is 1. The first-order chi connectivity index (χ1) is 8.75. The number of carbonyl (C=O) groups is 1. The summed E-state index contributed by atoms with van der Waals surface area (Å²) < 4.78 is 1.96. The quantitative estimate of drug-likeness (QED) is 0.784. The monoisotopic (exact) mass is 249 g/mol. The van der Waals surface area contributed by atoms with Gasteiger partial charge < -0.3 is 14.8 Å². The summed E-state index contributed by atoms with van der Waals surface area (Å²) in [7, 11) is 1.96. The number of aryl methyl sites for hydroxylation is 1. The van der Waals surface area contributed by atoms with E-state index in [9.17, 15) is 4.79 Å². The summed E-state index contributed by atoms with van der Waals surface area (Å²) in [6.45, 7) is 3.36. The second-order valence-corrected chi connectivity index (χ2v) is 5.28. The van der Waals surface area contributed by atoms with Crippen molar-refractivity contribution >= 4 is 5.91 Å². The van der Waals surface area contributed by atoms with Crippen molar-refractivity contribution in [3.8, 4) is 0 Å². The highest BCUT2D eigenvalue weighted by Gasteiger charge is 2.33. The molecular weight excluding hydrogens is 230 g/mol. The third-order valence-corrected chi connectivity index (χ3v) is 3.98. The average molecular weight is 249 g/mol. The summed E-state index contributed by atoms with van der Waals surface area (Å²) in [6.07, 6.45) is 3.88. The summed E-state index contributed by atoms with van der Waals surface area (Å²) in [4.78, 5) is 14.2. The molecule has 1 unspecified atom stereocenters. The Balaban J connectivity index is 1.68. The first-order valence-corrected chi connectivity index (χ1v) is 6.59. The van der Waals surface area contributed by atoms with Crippen LogP contribution in [0.4, 0.5) is 0 Å². The minimum Gasteiger partial charge on any atom is -0.342 e. The molecule has 3 heterocycles. The first-order valence-electron chi connectivity index (χ1n) is 6.59. The van der Waals surface area contributed by atoms with Crippen LogP contribution in [0.3, 0.4) is 0 Å². The van der Waals surface area contributed by atoms with E-state index in [0.717, 1.165) is 44.8 Å². The molecule has 2 aliphatic rings. The maximum Gasteiger partial charge on any atom is 0.228 e. The standard InChI is InChI=1S/C12H19N5O/c1-16-8-14-15-11(16)9-3-2-4-17(7-9)12(18)10-5-13-6-10/h8-10,13H,2-7H2,1H3. The highest BCUT2D eigenvalue weighted by atomic mass is 16.2. The van der Waals surface area contributed by atoms with E-state index in [1.54, 1.807) is 6.33 Å². The van der Waals surface area contributed by atoms with Crippen molar-refractivity contribution in [2.75, 3.05) is 26.2 Å². The molecule has 1 N–H and O–H groups in total. The van der Waals surface area contributed by atoms with Gasteiger partial charge in [0.1, 0.15) is 12.2 Å². The van der Waals surface area contributed by atoms with Crippen molar-refractivity contribution in [3.05, 3.63) is 12.2 Å². The number of nitrogens with zero attached hydrogens (tertiary/aromatic N) is 4. The van der Waals surface area contributed by atoms with E-state index in [-0.39, 0.29) is 5.92 Å². The zero-order valence-electron chi connectivity index (χ0n) is 10.7. The van der Waals surface area contributed by atoms with Crippen LogP contribution < -0.4 is 5.32 Å². The van der Waals surface area contributed by atoms with E-state index in [4.69, 9.17) is 0 Å². The van der Waals surface area contributed by atoms with Crippen molar-refractivity contribution in [2.45, 2.75) is 18.8 Å². The number of hydrogen-bond acceptors (Lipinski definition) is 4.